The summed E-state index contributed by atoms with van der Waals surface area (Å²) >= 11 is 0. The quantitative estimate of drug-likeness (QED) is 0.860. The molecule has 2 fully saturated rings. The third kappa shape index (κ3) is 2.98. The smallest absolute Gasteiger partial charge is 0.222 e. The lowest BCUT2D eigenvalue weighted by Crippen LogP contribution is -2.60. The highest BCUT2D eigenvalue weighted by atomic mass is 16.5. The van der Waals surface area contributed by atoms with Crippen LogP contribution in [0, 0.1) is 0 Å². The van der Waals surface area contributed by atoms with Crippen LogP contribution in [0.1, 0.15) is 37.7 Å². The van der Waals surface area contributed by atoms with Crippen molar-refractivity contribution >= 4 is 5.91 Å². The Bertz CT molecular complexity index is 524. The van der Waals surface area contributed by atoms with Gasteiger partial charge in [-0.2, -0.15) is 0 Å². The maximum atomic E-state index is 12.1. The van der Waals surface area contributed by atoms with Crippen molar-refractivity contribution in [2.45, 2.75) is 44.2 Å². The molecule has 0 N–H and O–H groups in total. The van der Waals surface area contributed by atoms with Gasteiger partial charge in [-0.25, -0.2) is 0 Å². The van der Waals surface area contributed by atoms with Gasteiger partial charge in [0.1, 0.15) is 5.75 Å². The molecule has 0 radical (unpaired) electrons. The van der Waals surface area contributed by atoms with E-state index >= 15 is 0 Å². The van der Waals surface area contributed by atoms with Crippen molar-refractivity contribution in [2.75, 3.05) is 27.2 Å². The van der Waals surface area contributed by atoms with Crippen molar-refractivity contribution in [3.8, 4) is 5.75 Å². The molecule has 22 heavy (non-hydrogen) atoms. The lowest BCUT2D eigenvalue weighted by atomic mass is 9.80. The molecule has 0 saturated carbocycles. The monoisotopic (exact) mass is 302 g/mol. The SMILES string of the molecule is COc1ccc(CN2CCC[C@@]3(CCCC(=O)N3C)C2)cc1. The van der Waals surface area contributed by atoms with Gasteiger partial charge in [-0.15, -0.1) is 0 Å². The van der Waals surface area contributed by atoms with Crippen molar-refractivity contribution in [1.29, 1.82) is 0 Å². The molecule has 2 aliphatic heterocycles. The number of rotatable bonds is 3. The van der Waals surface area contributed by atoms with Crippen molar-refractivity contribution in [3.63, 3.8) is 0 Å². The Balaban J connectivity index is 1.68. The van der Waals surface area contributed by atoms with Crippen LogP contribution in [0.4, 0.5) is 0 Å². The minimum atomic E-state index is 0.0695. The van der Waals surface area contributed by atoms with E-state index in [0.29, 0.717) is 5.91 Å². The second-order valence-electron chi connectivity index (χ2n) is 6.69. The van der Waals surface area contributed by atoms with Gasteiger partial charge in [0.25, 0.3) is 0 Å². The van der Waals surface area contributed by atoms with Crippen molar-refractivity contribution in [3.05, 3.63) is 29.8 Å². The highest BCUT2D eigenvalue weighted by molar-refractivity contribution is 5.77. The number of carbonyl (C=O) groups is 1. The summed E-state index contributed by atoms with van der Waals surface area (Å²) in [6.45, 7) is 3.07. The van der Waals surface area contributed by atoms with E-state index in [1.807, 2.05) is 24.1 Å². The second-order valence-corrected chi connectivity index (χ2v) is 6.69. The van der Waals surface area contributed by atoms with Crippen LogP contribution in [0.5, 0.6) is 5.75 Å². The normalized spacial score (nSPS) is 26.5. The number of amides is 1. The molecule has 2 heterocycles. The van der Waals surface area contributed by atoms with Gasteiger partial charge < -0.3 is 9.64 Å². The minimum Gasteiger partial charge on any atom is -0.497 e. The average Bonchev–Trinajstić information content (AvgIpc) is 2.54. The summed E-state index contributed by atoms with van der Waals surface area (Å²) in [6.07, 6.45) is 5.23. The molecule has 0 bridgehead atoms. The van der Waals surface area contributed by atoms with Crippen molar-refractivity contribution in [2.24, 2.45) is 0 Å². The summed E-state index contributed by atoms with van der Waals surface area (Å²) in [5.74, 6) is 1.22. The summed E-state index contributed by atoms with van der Waals surface area (Å²) in [5, 5.41) is 0. The summed E-state index contributed by atoms with van der Waals surface area (Å²) in [7, 11) is 3.69. The fourth-order valence-electron chi connectivity index (χ4n) is 3.98. The van der Waals surface area contributed by atoms with Gasteiger partial charge in [0.15, 0.2) is 0 Å². The van der Waals surface area contributed by atoms with Crippen LogP contribution in [0.15, 0.2) is 24.3 Å². The third-order valence-electron chi connectivity index (χ3n) is 5.32. The first-order valence-corrected chi connectivity index (χ1v) is 8.25. The molecule has 0 unspecified atom stereocenters. The predicted octanol–water partition coefficient (Wildman–Crippen LogP) is 2.67. The molecule has 1 aromatic rings. The molecule has 0 aromatic heterocycles. The van der Waals surface area contributed by atoms with Gasteiger partial charge in [0.05, 0.1) is 12.6 Å². The molecule has 1 spiro atoms. The number of nitrogens with zero attached hydrogens (tertiary/aromatic N) is 2. The minimum absolute atomic E-state index is 0.0695. The number of likely N-dealkylation sites (N-methyl/N-ethyl adjacent to an activating group) is 1. The molecule has 1 amide bonds. The molecule has 1 aromatic carbocycles. The molecule has 4 nitrogen and oxygen atoms in total. The van der Waals surface area contributed by atoms with Gasteiger partial charge in [-0.1, -0.05) is 12.1 Å². The predicted molar refractivity (Wildman–Crippen MR) is 86.9 cm³/mol. The highest BCUT2D eigenvalue weighted by Gasteiger charge is 2.42. The van der Waals surface area contributed by atoms with E-state index in [-0.39, 0.29) is 5.54 Å². The zero-order chi connectivity index (χ0) is 15.6. The zero-order valence-electron chi connectivity index (χ0n) is 13.7. The Kier molecular flexibility index (Phi) is 4.39. The first-order valence-electron chi connectivity index (χ1n) is 8.25. The number of likely N-dealkylation sites (tertiary alicyclic amines) is 2. The van der Waals surface area contributed by atoms with E-state index in [1.165, 1.54) is 12.0 Å². The highest BCUT2D eigenvalue weighted by Crippen LogP contribution is 2.36. The molecule has 1 atom stereocenters. The molecule has 3 rings (SSSR count). The van der Waals surface area contributed by atoms with Crippen LogP contribution in [-0.2, 0) is 11.3 Å². The molecule has 120 valence electrons. The second kappa shape index (κ2) is 6.29. The van der Waals surface area contributed by atoms with E-state index in [9.17, 15) is 4.79 Å². The van der Waals surface area contributed by atoms with Crippen LogP contribution < -0.4 is 4.74 Å². The summed E-state index contributed by atoms with van der Waals surface area (Å²) < 4.78 is 5.22. The maximum absolute atomic E-state index is 12.1. The van der Waals surface area contributed by atoms with E-state index in [0.717, 1.165) is 51.1 Å². The number of benzene rings is 1. The fraction of sp³-hybridized carbons (Fsp3) is 0.611. The Morgan fingerprint density at radius 2 is 1.91 bits per heavy atom. The number of piperidine rings is 2. The first kappa shape index (κ1) is 15.3. The summed E-state index contributed by atoms with van der Waals surface area (Å²) in [6, 6.07) is 8.31. The van der Waals surface area contributed by atoms with Crippen LogP contribution in [0.2, 0.25) is 0 Å². The number of ether oxygens (including phenoxy) is 1. The Hall–Kier alpha value is -1.55. The number of carbonyl (C=O) groups excluding carboxylic acids is 1. The largest absolute Gasteiger partial charge is 0.497 e. The van der Waals surface area contributed by atoms with Crippen molar-refractivity contribution in [1.82, 2.24) is 9.80 Å². The molecular formula is C18H26N2O2. The van der Waals surface area contributed by atoms with Crippen LogP contribution in [-0.4, -0.2) is 48.5 Å². The van der Waals surface area contributed by atoms with E-state index < -0.39 is 0 Å². The van der Waals surface area contributed by atoms with Gasteiger partial charge in [0.2, 0.25) is 5.91 Å². The number of hydrogen-bond acceptors (Lipinski definition) is 3. The summed E-state index contributed by atoms with van der Waals surface area (Å²) in [4.78, 5) is 16.6. The van der Waals surface area contributed by atoms with Gasteiger partial charge >= 0.3 is 0 Å². The van der Waals surface area contributed by atoms with Gasteiger partial charge in [-0.3, -0.25) is 9.69 Å². The van der Waals surface area contributed by atoms with Gasteiger partial charge in [0, 0.05) is 26.6 Å². The molecule has 2 aliphatic rings. The first-order chi connectivity index (χ1) is 10.6. The van der Waals surface area contributed by atoms with Crippen LogP contribution in [0.25, 0.3) is 0 Å². The fourth-order valence-corrected chi connectivity index (χ4v) is 3.98. The topological polar surface area (TPSA) is 32.8 Å². The third-order valence-corrected chi connectivity index (χ3v) is 5.32. The molecule has 2 saturated heterocycles. The van der Waals surface area contributed by atoms with E-state index in [4.69, 9.17) is 4.74 Å². The van der Waals surface area contributed by atoms with Crippen LogP contribution >= 0.6 is 0 Å². The van der Waals surface area contributed by atoms with Crippen molar-refractivity contribution < 1.29 is 9.53 Å². The van der Waals surface area contributed by atoms with Gasteiger partial charge in [-0.05, 0) is 49.9 Å². The maximum Gasteiger partial charge on any atom is 0.222 e. The lowest BCUT2D eigenvalue weighted by Gasteiger charge is -2.50. The summed E-state index contributed by atoms with van der Waals surface area (Å²) in [5.41, 5.74) is 1.38. The Morgan fingerprint density at radius 3 is 2.64 bits per heavy atom. The molecule has 4 heteroatoms. The Morgan fingerprint density at radius 1 is 1.18 bits per heavy atom. The average molecular weight is 302 g/mol. The standard InChI is InChI=1S/C18H26N2O2/c1-19-17(21)5-3-10-18(19)11-4-12-20(14-18)13-15-6-8-16(22-2)9-7-15/h6-9H,3-5,10-14H2,1-2H3/t18-/m0/s1. The Labute approximate surface area is 133 Å². The number of hydrogen-bond donors (Lipinski definition) is 0. The lowest BCUT2D eigenvalue weighted by molar-refractivity contribution is -0.142. The molecular weight excluding hydrogens is 276 g/mol. The number of methoxy groups -OCH3 is 1. The zero-order valence-corrected chi connectivity index (χ0v) is 13.7. The van der Waals surface area contributed by atoms with E-state index in [1.54, 1.807) is 7.11 Å². The molecule has 0 aliphatic carbocycles. The van der Waals surface area contributed by atoms with Crippen LogP contribution in [0.3, 0.4) is 0 Å². The van der Waals surface area contributed by atoms with E-state index in [2.05, 4.69) is 17.0 Å².